The Kier molecular flexibility index (Phi) is 5.74. The summed E-state index contributed by atoms with van der Waals surface area (Å²) in [5, 5.41) is 3.36. The van der Waals surface area contributed by atoms with Crippen LogP contribution < -0.4 is 5.32 Å². The van der Waals surface area contributed by atoms with Gasteiger partial charge in [-0.15, -0.1) is 12.4 Å². The fourth-order valence-corrected chi connectivity index (χ4v) is 4.54. The Balaban J connectivity index is 0.00000147. The molecule has 3 nitrogen and oxygen atoms in total. The van der Waals surface area contributed by atoms with Crippen LogP contribution in [0.3, 0.4) is 0 Å². The predicted molar refractivity (Wildman–Crippen MR) is 84.1 cm³/mol. The number of carbonyl (C=O) groups excluding carboxylic acids is 1. The van der Waals surface area contributed by atoms with Gasteiger partial charge >= 0.3 is 0 Å². The van der Waals surface area contributed by atoms with Crippen molar-refractivity contribution in [2.45, 2.75) is 57.4 Å². The Hall–Kier alpha value is -0.280. The van der Waals surface area contributed by atoms with Gasteiger partial charge in [0.25, 0.3) is 0 Å². The van der Waals surface area contributed by atoms with E-state index < -0.39 is 0 Å². The number of carbonyl (C=O) groups is 1. The minimum absolute atomic E-state index is 0. The molecule has 0 spiro atoms. The Morgan fingerprint density at radius 2 is 1.80 bits per heavy atom. The van der Waals surface area contributed by atoms with Crippen molar-refractivity contribution in [3.05, 3.63) is 0 Å². The second-order valence-corrected chi connectivity index (χ2v) is 6.91. The molecule has 1 amide bonds. The van der Waals surface area contributed by atoms with Crippen LogP contribution in [-0.2, 0) is 4.79 Å². The number of likely N-dealkylation sites (N-methyl/N-ethyl adjacent to an activating group) is 1. The summed E-state index contributed by atoms with van der Waals surface area (Å²) in [4.78, 5) is 14.7. The predicted octanol–water partition coefficient (Wildman–Crippen LogP) is 2.84. The molecule has 116 valence electrons. The molecule has 0 aromatic rings. The fraction of sp³-hybridized carbons (Fsp3) is 0.938. The van der Waals surface area contributed by atoms with Gasteiger partial charge < -0.3 is 10.2 Å². The lowest BCUT2D eigenvalue weighted by molar-refractivity contribution is -0.138. The van der Waals surface area contributed by atoms with Crippen LogP contribution in [0.5, 0.6) is 0 Å². The summed E-state index contributed by atoms with van der Waals surface area (Å²) >= 11 is 0. The van der Waals surface area contributed by atoms with Crippen LogP contribution in [0.25, 0.3) is 0 Å². The Morgan fingerprint density at radius 1 is 1.05 bits per heavy atom. The summed E-state index contributed by atoms with van der Waals surface area (Å²) in [6.45, 7) is 2.05. The second kappa shape index (κ2) is 7.13. The van der Waals surface area contributed by atoms with Gasteiger partial charge in [0.15, 0.2) is 0 Å². The first-order valence-corrected chi connectivity index (χ1v) is 8.23. The molecule has 20 heavy (non-hydrogen) atoms. The van der Waals surface area contributed by atoms with Crippen LogP contribution >= 0.6 is 12.4 Å². The first-order chi connectivity index (χ1) is 9.25. The van der Waals surface area contributed by atoms with Gasteiger partial charge in [-0.25, -0.2) is 0 Å². The zero-order chi connectivity index (χ0) is 13.2. The Labute approximate surface area is 129 Å². The van der Waals surface area contributed by atoms with E-state index in [4.69, 9.17) is 0 Å². The van der Waals surface area contributed by atoms with Crippen molar-refractivity contribution in [3.8, 4) is 0 Å². The van der Waals surface area contributed by atoms with E-state index in [0.717, 1.165) is 37.8 Å². The van der Waals surface area contributed by atoms with Gasteiger partial charge in [-0.2, -0.15) is 0 Å². The number of hydrogen-bond donors (Lipinski definition) is 1. The van der Waals surface area contributed by atoms with Crippen LogP contribution in [0.1, 0.15) is 51.4 Å². The monoisotopic (exact) mass is 300 g/mol. The smallest absolute Gasteiger partial charge is 0.225 e. The maximum Gasteiger partial charge on any atom is 0.225 e. The summed E-state index contributed by atoms with van der Waals surface area (Å²) in [5.74, 6) is 2.55. The van der Waals surface area contributed by atoms with Crippen molar-refractivity contribution in [1.82, 2.24) is 10.2 Å². The quantitative estimate of drug-likeness (QED) is 0.850. The minimum Gasteiger partial charge on any atom is -0.341 e. The first-order valence-electron chi connectivity index (χ1n) is 8.23. The minimum atomic E-state index is 0. The number of nitrogens with one attached hydrogen (secondary N) is 1. The normalized spacial score (nSPS) is 36.9. The van der Waals surface area contributed by atoms with Crippen molar-refractivity contribution >= 4 is 18.3 Å². The highest BCUT2D eigenvalue weighted by Gasteiger charge is 2.37. The molecule has 1 heterocycles. The Morgan fingerprint density at radius 3 is 2.50 bits per heavy atom. The molecular formula is C16H29ClN2O. The van der Waals surface area contributed by atoms with Crippen molar-refractivity contribution < 1.29 is 4.79 Å². The molecule has 3 fully saturated rings. The number of amides is 1. The fourth-order valence-electron chi connectivity index (χ4n) is 4.54. The lowest BCUT2D eigenvalue weighted by Gasteiger charge is -2.40. The topological polar surface area (TPSA) is 32.3 Å². The molecule has 3 rings (SSSR count). The molecule has 4 unspecified atom stereocenters. The first kappa shape index (κ1) is 16.1. The molecule has 1 aliphatic heterocycles. The third-order valence-electron chi connectivity index (χ3n) is 5.82. The van der Waals surface area contributed by atoms with E-state index in [1.807, 2.05) is 11.9 Å². The molecule has 0 aromatic carbocycles. The zero-order valence-corrected chi connectivity index (χ0v) is 13.5. The van der Waals surface area contributed by atoms with Crippen LogP contribution in [-0.4, -0.2) is 37.0 Å². The van der Waals surface area contributed by atoms with E-state index in [1.165, 1.54) is 38.5 Å². The molecule has 1 saturated heterocycles. The number of rotatable bonds is 2. The molecule has 4 heteroatoms. The van der Waals surface area contributed by atoms with Gasteiger partial charge in [-0.05, 0) is 44.1 Å². The SMILES string of the molecule is CN(C(=O)C1CCC2CCCCC2C1)C1CCNC1.Cl. The molecule has 0 radical (unpaired) electrons. The molecular weight excluding hydrogens is 272 g/mol. The Bertz CT molecular complexity index is 330. The van der Waals surface area contributed by atoms with Crippen molar-refractivity contribution in [3.63, 3.8) is 0 Å². The largest absolute Gasteiger partial charge is 0.341 e. The average Bonchev–Trinajstić information content (AvgIpc) is 2.99. The van der Waals surface area contributed by atoms with E-state index in [9.17, 15) is 4.79 Å². The van der Waals surface area contributed by atoms with Gasteiger partial charge in [0.1, 0.15) is 0 Å². The molecule has 3 aliphatic rings. The average molecular weight is 301 g/mol. The highest BCUT2D eigenvalue weighted by atomic mass is 35.5. The number of nitrogens with zero attached hydrogens (tertiary/aromatic N) is 1. The van der Waals surface area contributed by atoms with Crippen LogP contribution in [0.4, 0.5) is 0 Å². The zero-order valence-electron chi connectivity index (χ0n) is 12.6. The number of hydrogen-bond acceptors (Lipinski definition) is 2. The molecule has 2 saturated carbocycles. The molecule has 0 bridgehead atoms. The molecule has 4 atom stereocenters. The summed E-state index contributed by atoms with van der Waals surface area (Å²) in [7, 11) is 2.02. The highest BCUT2D eigenvalue weighted by molar-refractivity contribution is 5.85. The van der Waals surface area contributed by atoms with Gasteiger partial charge in [0, 0.05) is 25.6 Å². The maximum absolute atomic E-state index is 12.7. The van der Waals surface area contributed by atoms with E-state index in [-0.39, 0.29) is 12.4 Å². The van der Waals surface area contributed by atoms with E-state index in [2.05, 4.69) is 5.32 Å². The number of halogens is 1. The third kappa shape index (κ3) is 3.30. The second-order valence-electron chi connectivity index (χ2n) is 6.91. The molecule has 2 aliphatic carbocycles. The van der Waals surface area contributed by atoms with Crippen LogP contribution in [0, 0.1) is 17.8 Å². The van der Waals surface area contributed by atoms with Crippen molar-refractivity contribution in [1.29, 1.82) is 0 Å². The summed E-state index contributed by atoms with van der Waals surface area (Å²) < 4.78 is 0. The molecule has 0 aromatic heterocycles. The van der Waals surface area contributed by atoms with Crippen LogP contribution in [0.15, 0.2) is 0 Å². The van der Waals surface area contributed by atoms with Gasteiger partial charge in [0.2, 0.25) is 5.91 Å². The van der Waals surface area contributed by atoms with E-state index in [0.29, 0.717) is 17.9 Å². The number of fused-ring (bicyclic) bond motifs is 1. The summed E-state index contributed by atoms with van der Waals surface area (Å²) in [6.07, 6.45) is 10.4. The highest BCUT2D eigenvalue weighted by Crippen LogP contribution is 2.43. The van der Waals surface area contributed by atoms with Gasteiger partial charge in [-0.3, -0.25) is 4.79 Å². The van der Waals surface area contributed by atoms with Gasteiger partial charge in [-0.1, -0.05) is 25.7 Å². The summed E-state index contributed by atoms with van der Waals surface area (Å²) in [6, 6.07) is 0.441. The standard InChI is InChI=1S/C16H28N2O.ClH/c1-18(15-8-9-17-11-15)16(19)14-7-6-12-4-2-3-5-13(12)10-14;/h12-15,17H,2-11H2,1H3;1H. The maximum atomic E-state index is 12.7. The molecule has 1 N–H and O–H groups in total. The third-order valence-corrected chi connectivity index (χ3v) is 5.82. The van der Waals surface area contributed by atoms with E-state index >= 15 is 0 Å². The lowest BCUT2D eigenvalue weighted by atomic mass is 9.67. The van der Waals surface area contributed by atoms with Crippen molar-refractivity contribution in [2.75, 3.05) is 20.1 Å². The van der Waals surface area contributed by atoms with Crippen molar-refractivity contribution in [2.24, 2.45) is 17.8 Å². The summed E-state index contributed by atoms with van der Waals surface area (Å²) in [5.41, 5.74) is 0. The lowest BCUT2D eigenvalue weighted by Crippen LogP contribution is -2.44. The van der Waals surface area contributed by atoms with Gasteiger partial charge in [0.05, 0.1) is 0 Å². The van der Waals surface area contributed by atoms with E-state index in [1.54, 1.807) is 0 Å². The van der Waals surface area contributed by atoms with Crippen LogP contribution in [0.2, 0.25) is 0 Å².